The van der Waals surface area contributed by atoms with Crippen LogP contribution in [-0.2, 0) is 11.5 Å². The Morgan fingerprint density at radius 1 is 1.17 bits per heavy atom. The van der Waals surface area contributed by atoms with Gasteiger partial charge in [0, 0.05) is 0 Å². The van der Waals surface area contributed by atoms with Crippen molar-refractivity contribution < 1.29 is 4.21 Å². The molecule has 0 fully saturated rings. The molecule has 0 radical (unpaired) electrons. The van der Waals surface area contributed by atoms with Gasteiger partial charge in [0.05, 0.1) is 5.69 Å². The van der Waals surface area contributed by atoms with Crippen LogP contribution in [0.1, 0.15) is 16.7 Å². The molecule has 0 heterocycles. The third kappa shape index (κ3) is 1.80. The van der Waals surface area contributed by atoms with Crippen molar-refractivity contribution in [2.45, 2.75) is 20.8 Å². The Bertz CT molecular complexity index is 331. The fourth-order valence-corrected chi connectivity index (χ4v) is 1.72. The molecule has 1 rings (SSSR count). The Labute approximate surface area is 75.9 Å². The highest BCUT2D eigenvalue weighted by molar-refractivity contribution is 7.54. The Hall–Kier alpha value is -0.960. The van der Waals surface area contributed by atoms with Crippen LogP contribution in [0.5, 0.6) is 0 Å². The van der Waals surface area contributed by atoms with E-state index in [0.717, 1.165) is 16.8 Å². The number of benzene rings is 1. The van der Waals surface area contributed by atoms with E-state index in [1.165, 1.54) is 5.56 Å². The van der Waals surface area contributed by atoms with E-state index in [1.54, 1.807) is 0 Å². The molecule has 0 saturated heterocycles. The zero-order valence-corrected chi connectivity index (χ0v) is 8.23. The second kappa shape index (κ2) is 3.63. The van der Waals surface area contributed by atoms with Crippen LogP contribution in [0.25, 0.3) is 0 Å². The molecule has 1 aromatic carbocycles. The molecule has 3 heteroatoms. The van der Waals surface area contributed by atoms with Crippen LogP contribution in [0.2, 0.25) is 0 Å². The van der Waals surface area contributed by atoms with Crippen molar-refractivity contribution in [1.29, 1.82) is 0 Å². The van der Waals surface area contributed by atoms with E-state index in [0.29, 0.717) is 0 Å². The molecule has 0 aliphatic carbocycles. The molecule has 0 amide bonds. The highest BCUT2D eigenvalue weighted by Crippen LogP contribution is 2.24. The Kier molecular flexibility index (Phi) is 2.76. The fraction of sp³-hybridized carbons (Fsp3) is 0.333. The van der Waals surface area contributed by atoms with Gasteiger partial charge in [0.1, 0.15) is 0 Å². The van der Waals surface area contributed by atoms with Crippen LogP contribution < -0.4 is 0 Å². The van der Waals surface area contributed by atoms with E-state index in [4.69, 9.17) is 0 Å². The topological polar surface area (TPSA) is 29.4 Å². The first-order valence-corrected chi connectivity index (χ1v) is 4.43. The number of rotatable bonds is 1. The number of hydrogen-bond donors (Lipinski definition) is 0. The maximum Gasteiger partial charge on any atom is 0.205 e. The monoisotopic (exact) mass is 181 g/mol. The van der Waals surface area contributed by atoms with Gasteiger partial charge in [-0.15, -0.1) is 0 Å². The van der Waals surface area contributed by atoms with Gasteiger partial charge in [0.25, 0.3) is 0 Å². The molecule has 1 aromatic rings. The molecule has 0 spiro atoms. The van der Waals surface area contributed by atoms with Gasteiger partial charge < -0.3 is 0 Å². The molecule has 0 aromatic heterocycles. The third-order valence-corrected chi connectivity index (χ3v) is 2.02. The van der Waals surface area contributed by atoms with Crippen LogP contribution in [0, 0.1) is 20.8 Å². The summed E-state index contributed by atoms with van der Waals surface area (Å²) in [4.78, 5) is 0. The summed E-state index contributed by atoms with van der Waals surface area (Å²) in [7, 11) is 0. The second-order valence-corrected chi connectivity index (χ2v) is 3.24. The first-order valence-electron chi connectivity index (χ1n) is 3.73. The van der Waals surface area contributed by atoms with E-state index >= 15 is 0 Å². The summed E-state index contributed by atoms with van der Waals surface area (Å²) in [6.45, 7) is 5.97. The van der Waals surface area contributed by atoms with Gasteiger partial charge in [0.2, 0.25) is 11.5 Å². The molecule has 64 valence electrons. The van der Waals surface area contributed by atoms with E-state index in [2.05, 4.69) is 4.36 Å². The van der Waals surface area contributed by atoms with E-state index in [-0.39, 0.29) is 11.5 Å². The number of nitrogens with zero attached hydrogens (tertiary/aromatic N) is 1. The van der Waals surface area contributed by atoms with Crippen molar-refractivity contribution in [3.8, 4) is 0 Å². The SMILES string of the molecule is Cc1cc(C)c(N=S=O)c(C)c1. The summed E-state index contributed by atoms with van der Waals surface area (Å²) in [6.07, 6.45) is 0. The molecule has 0 aliphatic heterocycles. The lowest BCUT2D eigenvalue weighted by atomic mass is 10.1. The molecular weight excluding hydrogens is 170 g/mol. The Morgan fingerprint density at radius 3 is 2.08 bits per heavy atom. The molecule has 0 unspecified atom stereocenters. The summed E-state index contributed by atoms with van der Waals surface area (Å²) < 4.78 is 14.0. The van der Waals surface area contributed by atoms with Gasteiger partial charge in [-0.1, -0.05) is 17.7 Å². The first kappa shape index (κ1) is 9.13. The van der Waals surface area contributed by atoms with Crippen LogP contribution in [-0.4, -0.2) is 4.21 Å². The van der Waals surface area contributed by atoms with Gasteiger partial charge in [-0.2, -0.15) is 8.57 Å². The molecule has 2 nitrogen and oxygen atoms in total. The van der Waals surface area contributed by atoms with Crippen LogP contribution in [0.4, 0.5) is 5.69 Å². The minimum atomic E-state index is 0.264. The summed E-state index contributed by atoms with van der Waals surface area (Å²) in [5.41, 5.74) is 4.16. The second-order valence-electron chi connectivity index (χ2n) is 2.91. The maximum absolute atomic E-state index is 10.2. The zero-order chi connectivity index (χ0) is 9.14. The lowest BCUT2D eigenvalue weighted by molar-refractivity contribution is 0.698. The summed E-state index contributed by atoms with van der Waals surface area (Å²) in [5, 5.41) is 0. The lowest BCUT2D eigenvalue weighted by Crippen LogP contribution is -1.82. The van der Waals surface area contributed by atoms with E-state index < -0.39 is 0 Å². The van der Waals surface area contributed by atoms with Crippen LogP contribution in [0.3, 0.4) is 0 Å². The van der Waals surface area contributed by atoms with Gasteiger partial charge in [0.15, 0.2) is 0 Å². The molecular formula is C9H11NOS. The normalized spacial score (nSPS) is 9.58. The predicted molar refractivity (Wildman–Crippen MR) is 50.9 cm³/mol. The minimum absolute atomic E-state index is 0.264. The minimum Gasteiger partial charge on any atom is -0.191 e. The quantitative estimate of drug-likeness (QED) is 0.655. The van der Waals surface area contributed by atoms with Crippen LogP contribution in [0.15, 0.2) is 16.5 Å². The largest absolute Gasteiger partial charge is 0.205 e. The highest BCUT2D eigenvalue weighted by atomic mass is 32.1. The third-order valence-electron chi connectivity index (χ3n) is 1.76. The smallest absolute Gasteiger partial charge is 0.191 e. The lowest BCUT2D eigenvalue weighted by Gasteiger charge is -2.03. The zero-order valence-electron chi connectivity index (χ0n) is 7.42. The van der Waals surface area contributed by atoms with Gasteiger partial charge in [-0.3, -0.25) is 0 Å². The Morgan fingerprint density at radius 2 is 1.67 bits per heavy atom. The van der Waals surface area contributed by atoms with Crippen molar-refractivity contribution in [2.24, 2.45) is 4.36 Å². The van der Waals surface area contributed by atoms with E-state index in [1.807, 2.05) is 32.9 Å². The fourth-order valence-electron chi connectivity index (χ4n) is 1.35. The van der Waals surface area contributed by atoms with Crippen LogP contribution >= 0.6 is 0 Å². The van der Waals surface area contributed by atoms with Crippen molar-refractivity contribution in [3.05, 3.63) is 28.8 Å². The number of aryl methyl sites for hydroxylation is 3. The molecule has 0 N–H and O–H groups in total. The standard InChI is InChI=1S/C9H11NOS/c1-6-4-7(2)9(10-12-11)8(3)5-6/h4-5H,1-3H3. The number of hydrogen-bond acceptors (Lipinski definition) is 2. The summed E-state index contributed by atoms with van der Waals surface area (Å²) >= 11 is 0.264. The van der Waals surface area contributed by atoms with E-state index in [9.17, 15) is 4.21 Å². The maximum atomic E-state index is 10.2. The van der Waals surface area contributed by atoms with Crippen molar-refractivity contribution in [2.75, 3.05) is 0 Å². The van der Waals surface area contributed by atoms with Gasteiger partial charge in [-0.05, 0) is 31.9 Å². The van der Waals surface area contributed by atoms with Crippen molar-refractivity contribution in [1.82, 2.24) is 0 Å². The molecule has 0 bridgehead atoms. The molecule has 0 atom stereocenters. The average Bonchev–Trinajstić information content (AvgIpc) is 1.96. The predicted octanol–water partition coefficient (Wildman–Crippen LogP) is 2.64. The van der Waals surface area contributed by atoms with Crippen molar-refractivity contribution in [3.63, 3.8) is 0 Å². The average molecular weight is 181 g/mol. The summed E-state index contributed by atoms with van der Waals surface area (Å²) in [6, 6.07) is 4.06. The van der Waals surface area contributed by atoms with Gasteiger partial charge in [-0.25, -0.2) is 0 Å². The first-order chi connectivity index (χ1) is 5.65. The molecule has 0 aliphatic rings. The van der Waals surface area contributed by atoms with Crippen molar-refractivity contribution >= 4 is 17.2 Å². The summed E-state index contributed by atoms with van der Waals surface area (Å²) in [5.74, 6) is 0. The highest BCUT2D eigenvalue weighted by Gasteiger charge is 2.01. The molecule has 12 heavy (non-hydrogen) atoms. The Balaban J connectivity index is 3.37. The van der Waals surface area contributed by atoms with Gasteiger partial charge >= 0.3 is 0 Å². The molecule has 0 saturated carbocycles.